The van der Waals surface area contributed by atoms with E-state index in [9.17, 15) is 14.4 Å². The molecule has 2 atom stereocenters. The van der Waals surface area contributed by atoms with E-state index in [0.717, 1.165) is 0 Å². The molecule has 0 saturated carbocycles. The van der Waals surface area contributed by atoms with Gasteiger partial charge in [-0.25, -0.2) is 4.79 Å². The molecule has 1 aromatic rings. The molecule has 1 aromatic carbocycles. The summed E-state index contributed by atoms with van der Waals surface area (Å²) in [4.78, 5) is 40.2. The van der Waals surface area contributed by atoms with Gasteiger partial charge in [-0.2, -0.15) is 12.6 Å². The zero-order chi connectivity index (χ0) is 22.9. The Morgan fingerprint density at radius 2 is 1.70 bits per heavy atom. The van der Waals surface area contributed by atoms with Crippen molar-refractivity contribution in [3.05, 3.63) is 35.9 Å². The lowest BCUT2D eigenvalue weighted by Crippen LogP contribution is -2.54. The maximum Gasteiger partial charge on any atom is 0.408 e. The minimum Gasteiger partial charge on any atom is -0.444 e. The van der Waals surface area contributed by atoms with Crippen molar-refractivity contribution in [2.45, 2.75) is 71.7 Å². The Balaban J connectivity index is 3.22. The van der Waals surface area contributed by atoms with Crippen molar-refractivity contribution in [2.75, 3.05) is 12.3 Å². The molecule has 30 heavy (non-hydrogen) atoms. The zero-order valence-corrected chi connectivity index (χ0v) is 19.7. The summed E-state index contributed by atoms with van der Waals surface area (Å²) in [6, 6.07) is 7.32. The van der Waals surface area contributed by atoms with E-state index in [1.807, 2.05) is 51.1 Å². The summed E-state index contributed by atoms with van der Waals surface area (Å²) in [5.74, 6) is -0.579. The molecule has 2 unspecified atom stereocenters. The number of thiol groups is 1. The molecule has 0 spiro atoms. The van der Waals surface area contributed by atoms with Crippen LogP contribution >= 0.6 is 12.6 Å². The highest BCUT2D eigenvalue weighted by molar-refractivity contribution is 7.80. The van der Waals surface area contributed by atoms with Crippen molar-refractivity contribution in [1.82, 2.24) is 15.5 Å². The number of nitrogens with one attached hydrogen (secondary N) is 2. The average Bonchev–Trinajstić information content (AvgIpc) is 2.64. The van der Waals surface area contributed by atoms with Crippen LogP contribution in [0.25, 0.3) is 0 Å². The fourth-order valence-corrected chi connectivity index (χ4v) is 3.16. The van der Waals surface area contributed by atoms with Crippen LogP contribution in [0.4, 0.5) is 4.79 Å². The Bertz CT molecular complexity index is 704. The molecule has 0 radical (unpaired) electrons. The summed E-state index contributed by atoms with van der Waals surface area (Å²) in [6.07, 6.45) is -0.0512. The van der Waals surface area contributed by atoms with E-state index in [4.69, 9.17) is 4.74 Å². The van der Waals surface area contributed by atoms with Gasteiger partial charge in [-0.1, -0.05) is 37.3 Å². The third kappa shape index (κ3) is 8.26. The molecule has 0 aromatic heterocycles. The van der Waals surface area contributed by atoms with Crippen LogP contribution in [0.1, 0.15) is 59.6 Å². The summed E-state index contributed by atoms with van der Waals surface area (Å²) in [6.45, 7) is 11.3. The summed E-state index contributed by atoms with van der Waals surface area (Å²) in [5, 5.41) is 5.49. The molecule has 8 heteroatoms. The molecule has 168 valence electrons. The molecule has 0 heterocycles. The van der Waals surface area contributed by atoms with E-state index in [1.54, 1.807) is 20.8 Å². The Morgan fingerprint density at radius 3 is 2.17 bits per heavy atom. The Kier molecular flexibility index (Phi) is 10.2. The first kappa shape index (κ1) is 25.8. The molecule has 0 fully saturated rings. The zero-order valence-electron chi connectivity index (χ0n) is 18.8. The van der Waals surface area contributed by atoms with E-state index >= 15 is 0 Å². The second-order valence-electron chi connectivity index (χ2n) is 8.39. The van der Waals surface area contributed by atoms with Crippen molar-refractivity contribution < 1.29 is 19.1 Å². The second kappa shape index (κ2) is 11.8. The van der Waals surface area contributed by atoms with Crippen molar-refractivity contribution in [1.29, 1.82) is 0 Å². The van der Waals surface area contributed by atoms with Crippen molar-refractivity contribution >= 4 is 30.5 Å². The van der Waals surface area contributed by atoms with Gasteiger partial charge in [0.05, 0.1) is 0 Å². The molecular formula is C22H35N3O4S. The number of benzene rings is 1. The van der Waals surface area contributed by atoms with Gasteiger partial charge >= 0.3 is 6.09 Å². The largest absolute Gasteiger partial charge is 0.444 e. The molecule has 0 saturated heterocycles. The maximum atomic E-state index is 13.4. The number of ether oxygens (including phenoxy) is 1. The summed E-state index contributed by atoms with van der Waals surface area (Å²) in [5.41, 5.74) is 0.00817. The van der Waals surface area contributed by atoms with E-state index in [2.05, 4.69) is 23.3 Å². The second-order valence-corrected chi connectivity index (χ2v) is 8.75. The molecular weight excluding hydrogens is 402 g/mol. The first-order chi connectivity index (χ1) is 14.0. The lowest BCUT2D eigenvalue weighted by molar-refractivity contribution is -0.142. The first-order valence-corrected chi connectivity index (χ1v) is 10.9. The van der Waals surface area contributed by atoms with Crippen LogP contribution in [0.15, 0.2) is 30.3 Å². The highest BCUT2D eigenvalue weighted by Gasteiger charge is 2.35. The van der Waals surface area contributed by atoms with Crippen molar-refractivity contribution in [3.63, 3.8) is 0 Å². The fraction of sp³-hybridized carbons (Fsp3) is 0.591. The lowest BCUT2D eigenvalue weighted by Gasteiger charge is -2.34. The normalized spacial score (nSPS) is 13.3. The molecule has 1 rings (SSSR count). The van der Waals surface area contributed by atoms with Crippen LogP contribution in [-0.2, 0) is 14.3 Å². The Hall–Kier alpha value is -2.22. The maximum absolute atomic E-state index is 13.4. The predicted octanol–water partition coefficient (Wildman–Crippen LogP) is 3.31. The molecule has 0 aliphatic carbocycles. The highest BCUT2D eigenvalue weighted by atomic mass is 32.1. The van der Waals surface area contributed by atoms with Gasteiger partial charge in [-0.15, -0.1) is 0 Å². The van der Waals surface area contributed by atoms with Crippen LogP contribution in [0.2, 0.25) is 0 Å². The van der Waals surface area contributed by atoms with Crippen LogP contribution < -0.4 is 10.6 Å². The van der Waals surface area contributed by atoms with Crippen LogP contribution in [-0.4, -0.2) is 52.8 Å². The number of hydrogen-bond acceptors (Lipinski definition) is 5. The fourth-order valence-electron chi connectivity index (χ4n) is 2.91. The van der Waals surface area contributed by atoms with E-state index < -0.39 is 23.8 Å². The molecule has 0 aliphatic heterocycles. The topological polar surface area (TPSA) is 87.7 Å². The predicted molar refractivity (Wildman–Crippen MR) is 121 cm³/mol. The van der Waals surface area contributed by atoms with Crippen molar-refractivity contribution in [3.8, 4) is 0 Å². The minimum atomic E-state index is -0.923. The van der Waals surface area contributed by atoms with Gasteiger partial charge in [0.1, 0.15) is 17.7 Å². The van der Waals surface area contributed by atoms with E-state index in [1.165, 1.54) is 4.90 Å². The third-order valence-corrected chi connectivity index (χ3v) is 4.39. The number of carbonyl (C=O) groups excluding carboxylic acids is 3. The Labute approximate surface area is 185 Å². The molecule has 0 aliphatic rings. The highest BCUT2D eigenvalue weighted by Crippen LogP contribution is 2.23. The SMILES string of the molecule is CCCN(C(=O)C(CS)NC(=O)OC(C)(C)C)C(C(=O)NC(C)C)c1ccccc1. The van der Waals surface area contributed by atoms with Crippen molar-refractivity contribution in [2.24, 2.45) is 0 Å². The monoisotopic (exact) mass is 437 g/mol. The number of nitrogens with zero attached hydrogens (tertiary/aromatic N) is 1. The number of alkyl carbamates (subject to hydrolysis) is 1. The first-order valence-electron chi connectivity index (χ1n) is 10.3. The van der Waals surface area contributed by atoms with E-state index in [-0.39, 0.29) is 23.6 Å². The molecule has 2 N–H and O–H groups in total. The Morgan fingerprint density at radius 1 is 1.10 bits per heavy atom. The van der Waals surface area contributed by atoms with Gasteiger partial charge in [0.25, 0.3) is 0 Å². The molecule has 3 amide bonds. The smallest absolute Gasteiger partial charge is 0.408 e. The average molecular weight is 438 g/mol. The standard InChI is InChI=1S/C22H35N3O4S/c1-7-13-25(20(27)17(14-30)24-21(28)29-22(4,5)6)18(19(26)23-15(2)3)16-11-9-8-10-12-16/h8-12,15,17-18,30H,7,13-14H2,1-6H3,(H,23,26)(H,24,28). The number of carbonyl (C=O) groups is 3. The van der Waals surface area contributed by atoms with Crippen LogP contribution in [0, 0.1) is 0 Å². The summed E-state index contributed by atoms with van der Waals surface area (Å²) in [7, 11) is 0. The molecule has 0 bridgehead atoms. The number of hydrogen-bond donors (Lipinski definition) is 3. The number of rotatable bonds is 9. The minimum absolute atomic E-state index is 0.0750. The van der Waals surface area contributed by atoms with Gasteiger partial charge in [0.2, 0.25) is 11.8 Å². The summed E-state index contributed by atoms with van der Waals surface area (Å²) >= 11 is 4.25. The van der Waals surface area contributed by atoms with Crippen LogP contribution in [0.3, 0.4) is 0 Å². The van der Waals surface area contributed by atoms with Gasteiger partial charge in [-0.05, 0) is 46.6 Å². The lowest BCUT2D eigenvalue weighted by atomic mass is 10.0. The summed E-state index contributed by atoms with van der Waals surface area (Å²) < 4.78 is 5.27. The third-order valence-electron chi connectivity index (χ3n) is 4.03. The van der Waals surface area contributed by atoms with Gasteiger partial charge in [0.15, 0.2) is 0 Å². The van der Waals surface area contributed by atoms with E-state index in [0.29, 0.717) is 18.5 Å². The van der Waals surface area contributed by atoms with Gasteiger partial charge < -0.3 is 20.3 Å². The number of amides is 3. The van der Waals surface area contributed by atoms with Gasteiger partial charge in [-0.3, -0.25) is 9.59 Å². The molecule has 7 nitrogen and oxygen atoms in total. The van der Waals surface area contributed by atoms with Gasteiger partial charge in [0, 0.05) is 18.3 Å². The van der Waals surface area contributed by atoms with Crippen LogP contribution in [0.5, 0.6) is 0 Å². The quantitative estimate of drug-likeness (QED) is 0.517.